The summed E-state index contributed by atoms with van der Waals surface area (Å²) in [6.45, 7) is 2.54. The van der Waals surface area contributed by atoms with Gasteiger partial charge in [-0.05, 0) is 36.2 Å². The smallest absolute Gasteiger partial charge is 0.272 e. The van der Waals surface area contributed by atoms with Gasteiger partial charge in [0, 0.05) is 19.2 Å². The number of ether oxygens (including phenoxy) is 2. The monoisotopic (exact) mass is 353 g/mol. The molecule has 0 saturated carbocycles. The zero-order valence-corrected chi connectivity index (χ0v) is 15.3. The van der Waals surface area contributed by atoms with Crippen LogP contribution in [0.15, 0.2) is 42.6 Å². The van der Waals surface area contributed by atoms with Gasteiger partial charge in [0.2, 0.25) is 0 Å². The largest absolute Gasteiger partial charge is 0.493 e. The Morgan fingerprint density at radius 1 is 1.15 bits per heavy atom. The van der Waals surface area contributed by atoms with Crippen molar-refractivity contribution in [2.24, 2.45) is 0 Å². The van der Waals surface area contributed by atoms with Crippen LogP contribution in [0.4, 0.5) is 0 Å². The highest BCUT2D eigenvalue weighted by molar-refractivity contribution is 5.99. The summed E-state index contributed by atoms with van der Waals surface area (Å²) in [4.78, 5) is 17.1. The molecule has 2 aromatic heterocycles. The number of imidazole rings is 1. The zero-order valence-electron chi connectivity index (χ0n) is 15.3. The van der Waals surface area contributed by atoms with E-state index in [1.807, 2.05) is 53.9 Å². The maximum atomic E-state index is 12.6. The van der Waals surface area contributed by atoms with Crippen molar-refractivity contribution in [3.8, 4) is 11.5 Å². The molecule has 0 radical (unpaired) electrons. The third kappa shape index (κ3) is 3.49. The zero-order chi connectivity index (χ0) is 18.5. The predicted molar refractivity (Wildman–Crippen MR) is 100 cm³/mol. The van der Waals surface area contributed by atoms with Gasteiger partial charge in [-0.1, -0.05) is 19.1 Å². The lowest BCUT2D eigenvalue weighted by Gasteiger charge is -2.10. The number of aryl methyl sites for hydroxylation is 1. The summed E-state index contributed by atoms with van der Waals surface area (Å²) >= 11 is 0. The van der Waals surface area contributed by atoms with E-state index in [1.54, 1.807) is 14.2 Å². The number of amides is 1. The van der Waals surface area contributed by atoms with Crippen molar-refractivity contribution in [3.05, 3.63) is 59.7 Å². The van der Waals surface area contributed by atoms with Gasteiger partial charge < -0.3 is 19.2 Å². The summed E-state index contributed by atoms with van der Waals surface area (Å²) in [5.41, 5.74) is 2.36. The number of nitrogens with one attached hydrogen (secondary N) is 1. The van der Waals surface area contributed by atoms with Crippen LogP contribution in [0.2, 0.25) is 0 Å². The number of fused-ring (bicyclic) bond motifs is 1. The molecule has 0 fully saturated rings. The van der Waals surface area contributed by atoms with Crippen molar-refractivity contribution in [1.82, 2.24) is 14.7 Å². The molecule has 0 atom stereocenters. The SMILES string of the molecule is CCc1nc(C(=O)NCCc2ccc(OC)c(OC)c2)c2ccccn12. The number of carbonyl (C=O) groups excluding carboxylic acids is 1. The van der Waals surface area contributed by atoms with E-state index in [-0.39, 0.29) is 5.91 Å². The van der Waals surface area contributed by atoms with Crippen LogP contribution in [0.25, 0.3) is 5.52 Å². The van der Waals surface area contributed by atoms with Crippen molar-refractivity contribution in [2.45, 2.75) is 19.8 Å². The Bertz CT molecular complexity index is 918. The molecule has 2 heterocycles. The molecule has 3 rings (SSSR count). The van der Waals surface area contributed by atoms with Crippen molar-refractivity contribution >= 4 is 11.4 Å². The molecule has 1 aromatic carbocycles. The minimum Gasteiger partial charge on any atom is -0.493 e. The number of benzene rings is 1. The highest BCUT2D eigenvalue weighted by Gasteiger charge is 2.16. The van der Waals surface area contributed by atoms with Crippen LogP contribution >= 0.6 is 0 Å². The summed E-state index contributed by atoms with van der Waals surface area (Å²) in [7, 11) is 3.22. The first kappa shape index (κ1) is 17.8. The molecule has 1 N–H and O–H groups in total. The van der Waals surface area contributed by atoms with Crippen molar-refractivity contribution < 1.29 is 14.3 Å². The molecule has 3 aromatic rings. The second-order valence-electron chi connectivity index (χ2n) is 5.88. The van der Waals surface area contributed by atoms with Gasteiger partial charge in [-0.3, -0.25) is 4.79 Å². The van der Waals surface area contributed by atoms with Crippen LogP contribution in [-0.2, 0) is 12.8 Å². The summed E-state index contributed by atoms with van der Waals surface area (Å²) in [6.07, 6.45) is 3.39. The number of pyridine rings is 1. The fraction of sp³-hybridized carbons (Fsp3) is 0.300. The van der Waals surface area contributed by atoms with E-state index >= 15 is 0 Å². The second kappa shape index (κ2) is 7.91. The van der Waals surface area contributed by atoms with Gasteiger partial charge >= 0.3 is 0 Å². The molecule has 0 aliphatic carbocycles. The quantitative estimate of drug-likeness (QED) is 0.709. The van der Waals surface area contributed by atoms with Gasteiger partial charge in [-0.15, -0.1) is 0 Å². The lowest BCUT2D eigenvalue weighted by molar-refractivity contribution is 0.0951. The summed E-state index contributed by atoms with van der Waals surface area (Å²) < 4.78 is 12.5. The van der Waals surface area contributed by atoms with E-state index < -0.39 is 0 Å². The Hall–Kier alpha value is -3.02. The maximum absolute atomic E-state index is 12.6. The number of hydrogen-bond acceptors (Lipinski definition) is 4. The van der Waals surface area contributed by atoms with Crippen LogP contribution < -0.4 is 14.8 Å². The van der Waals surface area contributed by atoms with E-state index in [2.05, 4.69) is 10.3 Å². The normalized spacial score (nSPS) is 10.7. The number of hydrogen-bond donors (Lipinski definition) is 1. The highest BCUT2D eigenvalue weighted by Crippen LogP contribution is 2.27. The summed E-state index contributed by atoms with van der Waals surface area (Å²) in [5, 5.41) is 2.96. The average Bonchev–Trinajstić information content (AvgIpc) is 3.06. The van der Waals surface area contributed by atoms with Crippen LogP contribution in [0.5, 0.6) is 11.5 Å². The van der Waals surface area contributed by atoms with Crippen molar-refractivity contribution in [2.75, 3.05) is 20.8 Å². The summed E-state index contributed by atoms with van der Waals surface area (Å²) in [5.74, 6) is 2.10. The van der Waals surface area contributed by atoms with Gasteiger partial charge in [0.15, 0.2) is 17.2 Å². The lowest BCUT2D eigenvalue weighted by atomic mass is 10.1. The van der Waals surface area contributed by atoms with Crippen molar-refractivity contribution in [3.63, 3.8) is 0 Å². The van der Waals surface area contributed by atoms with E-state index in [0.717, 1.165) is 23.3 Å². The Morgan fingerprint density at radius 2 is 1.96 bits per heavy atom. The van der Waals surface area contributed by atoms with Crippen LogP contribution in [0, 0.1) is 0 Å². The molecule has 6 heteroatoms. The Balaban J connectivity index is 1.68. The van der Waals surface area contributed by atoms with Gasteiger partial charge in [-0.2, -0.15) is 0 Å². The first-order valence-corrected chi connectivity index (χ1v) is 8.63. The first-order chi connectivity index (χ1) is 12.7. The Labute approximate surface area is 152 Å². The number of nitrogens with zero attached hydrogens (tertiary/aromatic N) is 2. The van der Waals surface area contributed by atoms with Crippen LogP contribution in [0.3, 0.4) is 0 Å². The Morgan fingerprint density at radius 3 is 2.69 bits per heavy atom. The second-order valence-corrected chi connectivity index (χ2v) is 5.88. The third-order valence-electron chi connectivity index (χ3n) is 4.30. The van der Waals surface area contributed by atoms with Gasteiger partial charge in [-0.25, -0.2) is 4.98 Å². The number of rotatable bonds is 7. The van der Waals surface area contributed by atoms with Crippen LogP contribution in [0.1, 0.15) is 28.8 Å². The minimum atomic E-state index is -0.158. The maximum Gasteiger partial charge on any atom is 0.272 e. The number of methoxy groups -OCH3 is 2. The van der Waals surface area contributed by atoms with Gasteiger partial charge in [0.1, 0.15) is 5.82 Å². The molecule has 136 valence electrons. The molecule has 6 nitrogen and oxygen atoms in total. The van der Waals surface area contributed by atoms with Crippen molar-refractivity contribution in [1.29, 1.82) is 0 Å². The molecule has 0 bridgehead atoms. The number of aromatic nitrogens is 2. The molecule has 1 amide bonds. The lowest BCUT2D eigenvalue weighted by Crippen LogP contribution is -2.26. The van der Waals surface area contributed by atoms with E-state index in [1.165, 1.54) is 0 Å². The van der Waals surface area contributed by atoms with E-state index in [0.29, 0.717) is 30.2 Å². The van der Waals surface area contributed by atoms with E-state index in [4.69, 9.17) is 9.47 Å². The Kier molecular flexibility index (Phi) is 5.41. The topological polar surface area (TPSA) is 64.9 Å². The molecular weight excluding hydrogens is 330 g/mol. The standard InChI is InChI=1S/C20H23N3O3/c1-4-18-22-19(15-7-5-6-12-23(15)18)20(24)21-11-10-14-8-9-16(25-2)17(13-14)26-3/h5-9,12-13H,4,10-11H2,1-3H3,(H,21,24). The minimum absolute atomic E-state index is 0.158. The molecular formula is C20H23N3O3. The third-order valence-corrected chi connectivity index (χ3v) is 4.30. The molecule has 26 heavy (non-hydrogen) atoms. The highest BCUT2D eigenvalue weighted by atomic mass is 16.5. The predicted octanol–water partition coefficient (Wildman–Crippen LogP) is 2.89. The molecule has 0 unspecified atom stereocenters. The molecule has 0 spiro atoms. The molecule has 0 saturated heterocycles. The fourth-order valence-corrected chi connectivity index (χ4v) is 2.96. The summed E-state index contributed by atoms with van der Waals surface area (Å²) in [6, 6.07) is 11.5. The molecule has 0 aliphatic rings. The van der Waals surface area contributed by atoms with Gasteiger partial charge in [0.25, 0.3) is 5.91 Å². The van der Waals surface area contributed by atoms with Crippen LogP contribution in [-0.4, -0.2) is 36.1 Å². The first-order valence-electron chi connectivity index (χ1n) is 8.63. The number of carbonyl (C=O) groups is 1. The van der Waals surface area contributed by atoms with Gasteiger partial charge in [0.05, 0.1) is 19.7 Å². The average molecular weight is 353 g/mol. The fourth-order valence-electron chi connectivity index (χ4n) is 2.96. The van der Waals surface area contributed by atoms with E-state index in [9.17, 15) is 4.79 Å². The molecule has 0 aliphatic heterocycles.